The van der Waals surface area contributed by atoms with E-state index in [4.69, 9.17) is 4.52 Å². The summed E-state index contributed by atoms with van der Waals surface area (Å²) in [7, 11) is 1.94. The fourth-order valence-corrected chi connectivity index (χ4v) is 5.07. The van der Waals surface area contributed by atoms with Crippen molar-refractivity contribution >= 4 is 16.9 Å². The van der Waals surface area contributed by atoms with Gasteiger partial charge in [0.05, 0.1) is 22.6 Å². The van der Waals surface area contributed by atoms with Crippen molar-refractivity contribution in [2.45, 2.75) is 38.5 Å². The Morgan fingerprint density at radius 1 is 1.13 bits per heavy atom. The highest BCUT2D eigenvalue weighted by molar-refractivity contribution is 5.96. The van der Waals surface area contributed by atoms with Crippen LogP contribution in [0.4, 0.5) is 0 Å². The van der Waals surface area contributed by atoms with Crippen molar-refractivity contribution in [1.29, 1.82) is 0 Å². The number of hydrogen-bond acceptors (Lipinski definition) is 5. The van der Waals surface area contributed by atoms with E-state index in [1.165, 1.54) is 0 Å². The highest BCUT2D eigenvalue weighted by Gasteiger charge is 2.29. The van der Waals surface area contributed by atoms with Gasteiger partial charge in [-0.25, -0.2) is 0 Å². The fourth-order valence-electron chi connectivity index (χ4n) is 5.07. The third-order valence-electron chi connectivity index (χ3n) is 6.75. The first-order valence-electron chi connectivity index (χ1n) is 11.0. The molecular weight excluding hydrogens is 378 g/mol. The lowest BCUT2D eigenvalue weighted by Crippen LogP contribution is -2.41. The highest BCUT2D eigenvalue weighted by atomic mass is 16.5. The smallest absolute Gasteiger partial charge is 0.257 e. The molecule has 7 heteroatoms. The van der Waals surface area contributed by atoms with E-state index in [9.17, 15) is 4.79 Å². The average Bonchev–Trinajstić information content (AvgIpc) is 3.25. The third-order valence-corrected chi connectivity index (χ3v) is 6.75. The number of piperidine rings is 1. The molecule has 0 atom stereocenters. The van der Waals surface area contributed by atoms with E-state index in [0.717, 1.165) is 92.0 Å². The van der Waals surface area contributed by atoms with Crippen molar-refractivity contribution in [2.24, 2.45) is 7.05 Å². The number of carbonyl (C=O) groups is 1. The summed E-state index contributed by atoms with van der Waals surface area (Å²) < 4.78 is 7.38. The lowest BCUT2D eigenvalue weighted by Gasteiger charge is -2.33. The van der Waals surface area contributed by atoms with Gasteiger partial charge in [0.15, 0.2) is 5.58 Å². The zero-order valence-electron chi connectivity index (χ0n) is 17.8. The van der Waals surface area contributed by atoms with Gasteiger partial charge in [0, 0.05) is 38.0 Å². The summed E-state index contributed by atoms with van der Waals surface area (Å²) in [5.74, 6) is 0.599. The van der Waals surface area contributed by atoms with Crippen molar-refractivity contribution in [3.8, 4) is 0 Å². The zero-order chi connectivity index (χ0) is 20.7. The molecule has 4 heterocycles. The molecule has 0 radical (unpaired) electrons. The number of carbonyl (C=O) groups excluding carboxylic acids is 1. The quantitative estimate of drug-likeness (QED) is 0.665. The van der Waals surface area contributed by atoms with Gasteiger partial charge in [0.1, 0.15) is 0 Å². The monoisotopic (exact) mass is 407 g/mol. The van der Waals surface area contributed by atoms with Crippen LogP contribution < -0.4 is 0 Å². The van der Waals surface area contributed by atoms with Gasteiger partial charge in [-0.05, 0) is 57.8 Å². The van der Waals surface area contributed by atoms with Crippen LogP contribution in [0, 0.1) is 6.92 Å². The molecule has 0 unspecified atom stereocenters. The largest absolute Gasteiger partial charge is 0.356 e. The Morgan fingerprint density at radius 3 is 2.77 bits per heavy atom. The molecule has 30 heavy (non-hydrogen) atoms. The summed E-state index contributed by atoms with van der Waals surface area (Å²) in [5.41, 5.74) is 4.74. The zero-order valence-corrected chi connectivity index (χ0v) is 17.8. The normalized spacial score (nSPS) is 18.7. The number of aromatic nitrogens is 3. The number of benzene rings is 1. The van der Waals surface area contributed by atoms with Gasteiger partial charge in [-0.3, -0.25) is 9.48 Å². The van der Waals surface area contributed by atoms with E-state index in [0.29, 0.717) is 5.92 Å². The number of amides is 1. The van der Waals surface area contributed by atoms with Crippen LogP contribution in [-0.2, 0) is 13.5 Å². The molecule has 0 spiro atoms. The Balaban J connectivity index is 1.19. The third kappa shape index (κ3) is 3.41. The molecule has 0 bridgehead atoms. The number of hydrogen-bond donors (Lipinski definition) is 0. The number of likely N-dealkylation sites (tertiary alicyclic amines) is 1. The molecule has 3 aromatic rings. The van der Waals surface area contributed by atoms with Crippen LogP contribution in [0.2, 0.25) is 0 Å². The second kappa shape index (κ2) is 7.87. The maximum absolute atomic E-state index is 13.1. The Morgan fingerprint density at radius 2 is 1.93 bits per heavy atom. The minimum Gasteiger partial charge on any atom is -0.356 e. The van der Waals surface area contributed by atoms with Crippen molar-refractivity contribution < 1.29 is 9.32 Å². The Labute approximate surface area is 176 Å². The average molecular weight is 408 g/mol. The number of fused-ring (bicyclic) bond motifs is 2. The molecule has 2 aliphatic rings. The fraction of sp³-hybridized carbons (Fsp3) is 0.522. The lowest BCUT2D eigenvalue weighted by molar-refractivity contribution is 0.0731. The predicted molar refractivity (Wildman–Crippen MR) is 115 cm³/mol. The first-order chi connectivity index (χ1) is 14.6. The van der Waals surface area contributed by atoms with Gasteiger partial charge in [-0.15, -0.1) is 0 Å². The molecule has 0 N–H and O–H groups in total. The molecule has 2 aromatic heterocycles. The second-order valence-electron chi connectivity index (χ2n) is 8.61. The molecule has 2 aliphatic heterocycles. The van der Waals surface area contributed by atoms with Crippen LogP contribution in [0.1, 0.15) is 52.6 Å². The topological polar surface area (TPSA) is 67.4 Å². The van der Waals surface area contributed by atoms with Crippen molar-refractivity contribution in [1.82, 2.24) is 24.7 Å². The molecule has 7 nitrogen and oxygen atoms in total. The van der Waals surface area contributed by atoms with Crippen LogP contribution in [0.25, 0.3) is 11.0 Å². The Bertz CT molecular complexity index is 1060. The maximum atomic E-state index is 13.1. The minimum absolute atomic E-state index is 0.150. The number of para-hydroxylation sites is 1. The number of rotatable bonds is 4. The van der Waals surface area contributed by atoms with Gasteiger partial charge >= 0.3 is 0 Å². The van der Waals surface area contributed by atoms with Gasteiger partial charge in [-0.2, -0.15) is 5.10 Å². The van der Waals surface area contributed by atoms with E-state index >= 15 is 0 Å². The molecule has 0 aliphatic carbocycles. The van der Waals surface area contributed by atoms with E-state index in [-0.39, 0.29) is 5.91 Å². The molecule has 1 aromatic carbocycles. The van der Waals surface area contributed by atoms with Gasteiger partial charge in [0.2, 0.25) is 0 Å². The summed E-state index contributed by atoms with van der Waals surface area (Å²) in [5, 5.41) is 9.98. The van der Waals surface area contributed by atoms with Gasteiger partial charge in [0.25, 0.3) is 5.91 Å². The SMILES string of the molecule is Cc1nn(C)c2c1C(=O)N(CCN1CCC(c3noc4ccccc34)CC1)CCC2. The van der Waals surface area contributed by atoms with E-state index in [1.807, 2.05) is 41.8 Å². The molecule has 5 rings (SSSR count). The van der Waals surface area contributed by atoms with Gasteiger partial charge in [-0.1, -0.05) is 17.3 Å². The summed E-state index contributed by atoms with van der Waals surface area (Å²) in [6, 6.07) is 8.12. The first kappa shape index (κ1) is 19.3. The maximum Gasteiger partial charge on any atom is 0.257 e. The van der Waals surface area contributed by atoms with Crippen molar-refractivity contribution in [3.63, 3.8) is 0 Å². The highest BCUT2D eigenvalue weighted by Crippen LogP contribution is 2.32. The predicted octanol–water partition coefficient (Wildman–Crippen LogP) is 3.14. The second-order valence-corrected chi connectivity index (χ2v) is 8.61. The summed E-state index contributed by atoms with van der Waals surface area (Å²) in [4.78, 5) is 17.6. The molecule has 158 valence electrons. The van der Waals surface area contributed by atoms with Crippen molar-refractivity contribution in [3.05, 3.63) is 46.9 Å². The van der Waals surface area contributed by atoms with E-state index < -0.39 is 0 Å². The minimum atomic E-state index is 0.150. The van der Waals surface area contributed by atoms with E-state index in [2.05, 4.69) is 21.2 Å². The van der Waals surface area contributed by atoms with Gasteiger partial charge < -0.3 is 14.3 Å². The van der Waals surface area contributed by atoms with Crippen LogP contribution in [0.15, 0.2) is 28.8 Å². The molecule has 0 saturated carbocycles. The molecule has 1 fully saturated rings. The van der Waals surface area contributed by atoms with Crippen molar-refractivity contribution in [2.75, 3.05) is 32.7 Å². The van der Waals surface area contributed by atoms with E-state index in [1.54, 1.807) is 0 Å². The molecular formula is C23H29N5O2. The number of aryl methyl sites for hydroxylation is 2. The van der Waals surface area contributed by atoms with Crippen LogP contribution in [0.5, 0.6) is 0 Å². The Kier molecular flexibility index (Phi) is 5.06. The summed E-state index contributed by atoms with van der Waals surface area (Å²) in [6.45, 7) is 6.54. The summed E-state index contributed by atoms with van der Waals surface area (Å²) >= 11 is 0. The standard InChI is InChI=1S/C23H29N5O2/c1-16-21-19(26(2)24-16)7-5-11-28(23(21)29)15-14-27-12-9-17(10-13-27)22-18-6-3-4-8-20(18)30-25-22/h3-4,6,8,17H,5,7,9-15H2,1-2H3. The summed E-state index contributed by atoms with van der Waals surface area (Å²) in [6.07, 6.45) is 4.08. The van der Waals surface area contributed by atoms with Crippen LogP contribution >= 0.6 is 0 Å². The Hall–Kier alpha value is -2.67. The molecule has 1 saturated heterocycles. The van der Waals surface area contributed by atoms with Crippen LogP contribution in [-0.4, -0.2) is 63.4 Å². The first-order valence-corrected chi connectivity index (χ1v) is 11.0. The number of nitrogens with zero attached hydrogens (tertiary/aromatic N) is 5. The lowest BCUT2D eigenvalue weighted by atomic mass is 9.91. The molecule has 1 amide bonds. The van der Waals surface area contributed by atoms with Crippen LogP contribution in [0.3, 0.4) is 0 Å².